The Labute approximate surface area is 124 Å². The number of carbonyl (C=O) groups is 1. The molecule has 1 N–H and O–H groups in total. The molecule has 19 heavy (non-hydrogen) atoms. The highest BCUT2D eigenvalue weighted by atomic mass is 35.5. The molecule has 106 valence electrons. The van der Waals surface area contributed by atoms with Crippen LogP contribution in [-0.2, 0) is 4.79 Å². The summed E-state index contributed by atoms with van der Waals surface area (Å²) in [6.07, 6.45) is 0.876. The second-order valence-corrected chi connectivity index (χ2v) is 5.24. The van der Waals surface area contributed by atoms with Gasteiger partial charge in [0.15, 0.2) is 0 Å². The van der Waals surface area contributed by atoms with E-state index in [-0.39, 0.29) is 11.9 Å². The molecule has 0 aliphatic rings. The molecule has 0 spiro atoms. The van der Waals surface area contributed by atoms with E-state index in [4.69, 9.17) is 23.2 Å². The normalized spacial score (nSPS) is 12.3. The second kappa shape index (κ2) is 7.73. The minimum Gasteiger partial charge on any atom is -0.345 e. The Morgan fingerprint density at radius 2 is 2.00 bits per heavy atom. The van der Waals surface area contributed by atoms with Crippen LogP contribution in [0.3, 0.4) is 0 Å². The Kier molecular flexibility index (Phi) is 6.63. The fraction of sp³-hybridized carbons (Fsp3) is 0.500. The highest BCUT2D eigenvalue weighted by molar-refractivity contribution is 6.42. The van der Waals surface area contributed by atoms with Crippen LogP contribution in [0.15, 0.2) is 18.2 Å². The first-order chi connectivity index (χ1) is 8.99. The number of nitrogens with zero attached hydrogens (tertiary/aromatic N) is 1. The zero-order valence-corrected chi connectivity index (χ0v) is 13.1. The van der Waals surface area contributed by atoms with E-state index in [1.54, 1.807) is 18.0 Å². The van der Waals surface area contributed by atoms with Gasteiger partial charge in [-0.15, -0.1) is 0 Å². The average Bonchev–Trinajstić information content (AvgIpc) is 2.42. The van der Waals surface area contributed by atoms with Crippen LogP contribution in [-0.4, -0.2) is 30.9 Å². The number of nitrogens with one attached hydrogen (secondary N) is 1. The van der Waals surface area contributed by atoms with Gasteiger partial charge in [-0.25, -0.2) is 0 Å². The number of likely N-dealkylation sites (N-methyl/N-ethyl adjacent to an activating group) is 1. The van der Waals surface area contributed by atoms with E-state index in [2.05, 4.69) is 12.2 Å². The van der Waals surface area contributed by atoms with Crippen molar-refractivity contribution in [3.63, 3.8) is 0 Å². The molecular weight excluding hydrogens is 283 g/mol. The van der Waals surface area contributed by atoms with Crippen molar-refractivity contribution in [3.05, 3.63) is 33.8 Å². The first kappa shape index (κ1) is 16.3. The Morgan fingerprint density at radius 1 is 1.32 bits per heavy atom. The van der Waals surface area contributed by atoms with E-state index >= 15 is 0 Å². The maximum Gasteiger partial charge on any atom is 0.236 e. The molecule has 0 fully saturated rings. The van der Waals surface area contributed by atoms with Crippen LogP contribution in [0.25, 0.3) is 0 Å². The summed E-state index contributed by atoms with van der Waals surface area (Å²) in [5, 5.41) is 4.34. The third-order valence-corrected chi connectivity index (χ3v) is 3.89. The van der Waals surface area contributed by atoms with Crippen molar-refractivity contribution in [2.45, 2.75) is 26.3 Å². The van der Waals surface area contributed by atoms with Gasteiger partial charge >= 0.3 is 0 Å². The van der Waals surface area contributed by atoms with Gasteiger partial charge in [0.25, 0.3) is 0 Å². The summed E-state index contributed by atoms with van der Waals surface area (Å²) in [5.74, 6) is 0.0843. The van der Waals surface area contributed by atoms with Crippen molar-refractivity contribution < 1.29 is 4.79 Å². The maximum absolute atomic E-state index is 11.8. The molecule has 0 aromatic heterocycles. The molecule has 1 aromatic rings. The van der Waals surface area contributed by atoms with Crippen molar-refractivity contribution in [2.75, 3.05) is 20.1 Å². The first-order valence-corrected chi connectivity index (χ1v) is 7.17. The van der Waals surface area contributed by atoms with Crippen LogP contribution in [0.2, 0.25) is 10.0 Å². The number of hydrogen-bond donors (Lipinski definition) is 1. The lowest BCUT2D eigenvalue weighted by atomic mass is 10.0. The van der Waals surface area contributed by atoms with Gasteiger partial charge < -0.3 is 10.2 Å². The summed E-state index contributed by atoms with van der Waals surface area (Å²) in [6, 6.07) is 5.66. The topological polar surface area (TPSA) is 32.3 Å². The summed E-state index contributed by atoms with van der Waals surface area (Å²) >= 11 is 11.9. The van der Waals surface area contributed by atoms with Crippen molar-refractivity contribution in [1.29, 1.82) is 0 Å². The number of amides is 1. The lowest BCUT2D eigenvalue weighted by Crippen LogP contribution is -2.36. The monoisotopic (exact) mass is 302 g/mol. The van der Waals surface area contributed by atoms with Gasteiger partial charge in [0.2, 0.25) is 5.91 Å². The minimum atomic E-state index is 0.0843. The standard InChI is InChI=1S/C14H20Cl2N2O/c1-4-13(17-9-14(19)18(3)5-2)10-6-7-11(15)12(16)8-10/h6-8,13,17H,4-5,9H2,1-3H3. The third kappa shape index (κ3) is 4.68. The average molecular weight is 303 g/mol. The predicted molar refractivity (Wildman–Crippen MR) is 80.8 cm³/mol. The molecule has 3 nitrogen and oxygen atoms in total. The van der Waals surface area contributed by atoms with Gasteiger partial charge in [-0.1, -0.05) is 36.2 Å². The quantitative estimate of drug-likeness (QED) is 0.872. The van der Waals surface area contributed by atoms with E-state index in [0.717, 1.165) is 12.0 Å². The Balaban J connectivity index is 2.68. The predicted octanol–water partition coefficient (Wildman–Crippen LogP) is 3.51. The zero-order valence-electron chi connectivity index (χ0n) is 11.5. The Bertz CT molecular complexity index is 437. The lowest BCUT2D eigenvalue weighted by Gasteiger charge is -2.20. The van der Waals surface area contributed by atoms with E-state index < -0.39 is 0 Å². The SMILES string of the molecule is CCC(NCC(=O)N(C)CC)c1ccc(Cl)c(Cl)c1. The van der Waals surface area contributed by atoms with Crippen molar-refractivity contribution >= 4 is 29.1 Å². The number of hydrogen-bond acceptors (Lipinski definition) is 2. The fourth-order valence-electron chi connectivity index (χ4n) is 1.75. The molecule has 0 aliphatic heterocycles. The van der Waals surface area contributed by atoms with Gasteiger partial charge in [-0.3, -0.25) is 4.79 Å². The van der Waals surface area contributed by atoms with E-state index in [0.29, 0.717) is 23.1 Å². The molecule has 0 saturated carbocycles. The molecule has 1 aromatic carbocycles. The smallest absolute Gasteiger partial charge is 0.236 e. The lowest BCUT2D eigenvalue weighted by molar-refractivity contribution is -0.128. The van der Waals surface area contributed by atoms with Crippen LogP contribution in [0, 0.1) is 0 Å². The number of halogens is 2. The maximum atomic E-state index is 11.8. The molecule has 1 unspecified atom stereocenters. The van der Waals surface area contributed by atoms with E-state index in [1.807, 2.05) is 19.1 Å². The molecule has 1 atom stereocenters. The highest BCUT2D eigenvalue weighted by Crippen LogP contribution is 2.26. The van der Waals surface area contributed by atoms with Crippen LogP contribution >= 0.6 is 23.2 Å². The van der Waals surface area contributed by atoms with Crippen LogP contribution in [0.1, 0.15) is 31.9 Å². The molecule has 0 bridgehead atoms. The van der Waals surface area contributed by atoms with Gasteiger partial charge in [-0.05, 0) is 31.0 Å². The zero-order chi connectivity index (χ0) is 14.4. The first-order valence-electron chi connectivity index (χ1n) is 6.41. The van der Waals surface area contributed by atoms with Gasteiger partial charge in [0, 0.05) is 19.6 Å². The molecule has 5 heteroatoms. The van der Waals surface area contributed by atoms with Crippen molar-refractivity contribution in [3.8, 4) is 0 Å². The number of rotatable bonds is 6. The largest absolute Gasteiger partial charge is 0.345 e. The van der Waals surface area contributed by atoms with E-state index in [1.165, 1.54) is 0 Å². The van der Waals surface area contributed by atoms with E-state index in [9.17, 15) is 4.79 Å². The minimum absolute atomic E-state index is 0.0843. The summed E-state index contributed by atoms with van der Waals surface area (Å²) in [5.41, 5.74) is 1.05. The molecule has 0 aliphatic carbocycles. The van der Waals surface area contributed by atoms with Gasteiger partial charge in [0.1, 0.15) is 0 Å². The van der Waals surface area contributed by atoms with Gasteiger partial charge in [-0.2, -0.15) is 0 Å². The molecular formula is C14H20Cl2N2O. The third-order valence-electron chi connectivity index (χ3n) is 3.15. The summed E-state index contributed by atoms with van der Waals surface area (Å²) in [7, 11) is 1.80. The highest BCUT2D eigenvalue weighted by Gasteiger charge is 2.13. The number of benzene rings is 1. The molecule has 0 heterocycles. The number of carbonyl (C=O) groups excluding carboxylic acids is 1. The second-order valence-electron chi connectivity index (χ2n) is 4.42. The summed E-state index contributed by atoms with van der Waals surface area (Å²) in [6.45, 7) is 5.05. The van der Waals surface area contributed by atoms with Crippen molar-refractivity contribution in [1.82, 2.24) is 10.2 Å². The Morgan fingerprint density at radius 3 is 2.53 bits per heavy atom. The molecule has 1 rings (SSSR count). The van der Waals surface area contributed by atoms with Crippen molar-refractivity contribution in [2.24, 2.45) is 0 Å². The molecule has 0 radical (unpaired) electrons. The molecule has 1 amide bonds. The Hall–Kier alpha value is -0.770. The van der Waals surface area contributed by atoms with Crippen LogP contribution in [0.5, 0.6) is 0 Å². The van der Waals surface area contributed by atoms with Crippen LogP contribution < -0.4 is 5.32 Å². The fourth-order valence-corrected chi connectivity index (χ4v) is 2.06. The summed E-state index contributed by atoms with van der Waals surface area (Å²) < 4.78 is 0. The van der Waals surface area contributed by atoms with Crippen LogP contribution in [0.4, 0.5) is 0 Å². The molecule has 0 saturated heterocycles. The van der Waals surface area contributed by atoms with Gasteiger partial charge in [0.05, 0.1) is 16.6 Å². The summed E-state index contributed by atoms with van der Waals surface area (Å²) in [4.78, 5) is 13.5.